The molecule has 0 aliphatic heterocycles. The van der Waals surface area contributed by atoms with Crippen LogP contribution in [0.1, 0.15) is 45.4 Å². The summed E-state index contributed by atoms with van der Waals surface area (Å²) in [6.07, 6.45) is 6.99. The molecule has 1 fully saturated rings. The first kappa shape index (κ1) is 9.56. The summed E-state index contributed by atoms with van der Waals surface area (Å²) in [5.41, 5.74) is 0. The molecular formula is C10H18O2. The fourth-order valence-corrected chi connectivity index (χ4v) is 1.67. The minimum atomic E-state index is -0.0550. The van der Waals surface area contributed by atoms with Crippen molar-refractivity contribution in [2.75, 3.05) is 6.61 Å². The molecule has 0 heterocycles. The summed E-state index contributed by atoms with van der Waals surface area (Å²) in [5, 5.41) is 0. The summed E-state index contributed by atoms with van der Waals surface area (Å²) in [6, 6.07) is 0. The molecule has 12 heavy (non-hydrogen) atoms. The molecule has 0 atom stereocenters. The minimum Gasteiger partial charge on any atom is -0.465 e. The first-order valence-electron chi connectivity index (χ1n) is 4.98. The van der Waals surface area contributed by atoms with E-state index in [1.54, 1.807) is 0 Å². The predicted molar refractivity (Wildman–Crippen MR) is 47.8 cm³/mol. The Morgan fingerprint density at radius 2 is 2.00 bits per heavy atom. The van der Waals surface area contributed by atoms with Crippen LogP contribution >= 0.6 is 0 Å². The molecule has 0 aromatic heterocycles. The zero-order valence-corrected chi connectivity index (χ0v) is 7.84. The van der Waals surface area contributed by atoms with Crippen molar-refractivity contribution in [2.45, 2.75) is 45.4 Å². The van der Waals surface area contributed by atoms with Crippen molar-refractivity contribution in [3.05, 3.63) is 0 Å². The van der Waals surface area contributed by atoms with Gasteiger partial charge in [-0.05, 0) is 18.8 Å². The topological polar surface area (TPSA) is 26.3 Å². The number of carbonyl (C=O) groups is 1. The third kappa shape index (κ3) is 3.24. The number of carbonyl (C=O) groups excluding carboxylic acids is 1. The molecule has 0 saturated heterocycles. The number of ether oxygens (including phenoxy) is 1. The van der Waals surface area contributed by atoms with Gasteiger partial charge >= 0.3 is 5.97 Å². The number of hydrogen-bond acceptors (Lipinski definition) is 2. The molecular weight excluding hydrogens is 152 g/mol. The van der Waals surface area contributed by atoms with Gasteiger partial charge in [0, 0.05) is 6.42 Å². The molecule has 0 N–H and O–H groups in total. The van der Waals surface area contributed by atoms with E-state index < -0.39 is 0 Å². The van der Waals surface area contributed by atoms with Crippen LogP contribution in [0.5, 0.6) is 0 Å². The maximum absolute atomic E-state index is 10.8. The summed E-state index contributed by atoms with van der Waals surface area (Å²) >= 11 is 0. The summed E-state index contributed by atoms with van der Waals surface area (Å²) in [6.45, 7) is 2.50. The molecule has 0 aromatic carbocycles. The maximum Gasteiger partial charge on any atom is 0.305 e. The van der Waals surface area contributed by atoms with Gasteiger partial charge in [-0.2, -0.15) is 0 Å². The van der Waals surface area contributed by atoms with Crippen LogP contribution in [0.15, 0.2) is 0 Å². The van der Waals surface area contributed by atoms with Crippen molar-refractivity contribution in [1.29, 1.82) is 0 Å². The average Bonchev–Trinajstić information content (AvgIpc) is 2.16. The summed E-state index contributed by atoms with van der Waals surface area (Å²) in [5.74, 6) is 0.592. The normalized spacial score (nSPS) is 19.1. The molecule has 0 aromatic rings. The van der Waals surface area contributed by atoms with E-state index in [4.69, 9.17) is 4.74 Å². The smallest absolute Gasteiger partial charge is 0.305 e. The zero-order valence-electron chi connectivity index (χ0n) is 7.84. The highest BCUT2D eigenvalue weighted by molar-refractivity contribution is 5.68. The maximum atomic E-state index is 10.8. The Labute approximate surface area is 74.3 Å². The second-order valence-electron chi connectivity index (χ2n) is 3.54. The van der Waals surface area contributed by atoms with Crippen LogP contribution in [0, 0.1) is 5.92 Å². The molecule has 0 spiro atoms. The standard InChI is InChI=1S/C10H18O2/c1-2-10(11)12-8-9-6-4-3-5-7-9/h9H,2-8H2,1H3. The van der Waals surface area contributed by atoms with Crippen molar-refractivity contribution in [1.82, 2.24) is 0 Å². The Hall–Kier alpha value is -0.530. The van der Waals surface area contributed by atoms with Gasteiger partial charge in [0.2, 0.25) is 0 Å². The van der Waals surface area contributed by atoms with E-state index in [-0.39, 0.29) is 5.97 Å². The van der Waals surface area contributed by atoms with Crippen molar-refractivity contribution in [3.8, 4) is 0 Å². The van der Waals surface area contributed by atoms with Crippen LogP contribution < -0.4 is 0 Å². The van der Waals surface area contributed by atoms with Crippen LogP contribution in [0.2, 0.25) is 0 Å². The fraction of sp³-hybridized carbons (Fsp3) is 0.900. The predicted octanol–water partition coefficient (Wildman–Crippen LogP) is 2.52. The van der Waals surface area contributed by atoms with E-state index >= 15 is 0 Å². The van der Waals surface area contributed by atoms with Crippen LogP contribution in [-0.4, -0.2) is 12.6 Å². The third-order valence-electron chi connectivity index (χ3n) is 2.49. The second-order valence-corrected chi connectivity index (χ2v) is 3.54. The van der Waals surface area contributed by atoms with E-state index in [2.05, 4.69) is 0 Å². The van der Waals surface area contributed by atoms with E-state index in [9.17, 15) is 4.79 Å². The van der Waals surface area contributed by atoms with Gasteiger partial charge in [0.05, 0.1) is 6.61 Å². The van der Waals surface area contributed by atoms with E-state index in [0.717, 1.165) is 0 Å². The molecule has 1 aliphatic carbocycles. The minimum absolute atomic E-state index is 0.0550. The monoisotopic (exact) mass is 170 g/mol. The Kier molecular flexibility index (Phi) is 4.12. The Morgan fingerprint density at radius 3 is 2.58 bits per heavy atom. The lowest BCUT2D eigenvalue weighted by Crippen LogP contribution is -2.16. The molecule has 2 nitrogen and oxygen atoms in total. The van der Waals surface area contributed by atoms with Gasteiger partial charge in [-0.3, -0.25) is 4.79 Å². The van der Waals surface area contributed by atoms with E-state index in [1.165, 1.54) is 32.1 Å². The van der Waals surface area contributed by atoms with Gasteiger partial charge in [0.15, 0.2) is 0 Å². The molecule has 70 valence electrons. The Bertz CT molecular complexity index is 137. The molecule has 1 aliphatic rings. The van der Waals surface area contributed by atoms with Gasteiger partial charge < -0.3 is 4.74 Å². The van der Waals surface area contributed by atoms with Crippen LogP contribution in [-0.2, 0) is 9.53 Å². The van der Waals surface area contributed by atoms with E-state index in [1.807, 2.05) is 6.92 Å². The summed E-state index contributed by atoms with van der Waals surface area (Å²) in [7, 11) is 0. The summed E-state index contributed by atoms with van der Waals surface area (Å²) < 4.78 is 5.09. The van der Waals surface area contributed by atoms with Gasteiger partial charge in [0.25, 0.3) is 0 Å². The van der Waals surface area contributed by atoms with Crippen molar-refractivity contribution in [3.63, 3.8) is 0 Å². The second kappa shape index (κ2) is 5.18. The van der Waals surface area contributed by atoms with Crippen molar-refractivity contribution >= 4 is 5.97 Å². The van der Waals surface area contributed by atoms with Crippen molar-refractivity contribution in [2.24, 2.45) is 5.92 Å². The Morgan fingerprint density at radius 1 is 1.33 bits per heavy atom. The molecule has 1 rings (SSSR count). The fourth-order valence-electron chi connectivity index (χ4n) is 1.67. The molecule has 0 bridgehead atoms. The third-order valence-corrected chi connectivity index (χ3v) is 2.49. The van der Waals surface area contributed by atoms with Gasteiger partial charge in [-0.15, -0.1) is 0 Å². The first-order valence-corrected chi connectivity index (χ1v) is 4.98. The molecule has 1 saturated carbocycles. The Balaban J connectivity index is 2.09. The van der Waals surface area contributed by atoms with E-state index in [0.29, 0.717) is 18.9 Å². The lowest BCUT2D eigenvalue weighted by molar-refractivity contribution is -0.144. The number of esters is 1. The lowest BCUT2D eigenvalue weighted by Gasteiger charge is -2.20. The highest BCUT2D eigenvalue weighted by Crippen LogP contribution is 2.23. The molecule has 0 unspecified atom stereocenters. The van der Waals surface area contributed by atoms with Gasteiger partial charge in [-0.1, -0.05) is 26.2 Å². The van der Waals surface area contributed by atoms with Crippen LogP contribution in [0.25, 0.3) is 0 Å². The first-order chi connectivity index (χ1) is 5.83. The number of hydrogen-bond donors (Lipinski definition) is 0. The largest absolute Gasteiger partial charge is 0.465 e. The van der Waals surface area contributed by atoms with Gasteiger partial charge in [-0.25, -0.2) is 0 Å². The van der Waals surface area contributed by atoms with Crippen LogP contribution in [0.3, 0.4) is 0 Å². The van der Waals surface area contributed by atoms with Crippen molar-refractivity contribution < 1.29 is 9.53 Å². The summed E-state index contributed by atoms with van der Waals surface area (Å²) in [4.78, 5) is 10.8. The van der Waals surface area contributed by atoms with Crippen LogP contribution in [0.4, 0.5) is 0 Å². The molecule has 0 radical (unpaired) electrons. The number of rotatable bonds is 3. The SMILES string of the molecule is CCC(=O)OCC1CCCCC1. The highest BCUT2D eigenvalue weighted by atomic mass is 16.5. The van der Waals surface area contributed by atoms with Gasteiger partial charge in [0.1, 0.15) is 0 Å². The average molecular weight is 170 g/mol. The highest BCUT2D eigenvalue weighted by Gasteiger charge is 2.14. The molecule has 0 amide bonds. The zero-order chi connectivity index (χ0) is 8.81. The quantitative estimate of drug-likeness (QED) is 0.608. The lowest BCUT2D eigenvalue weighted by atomic mass is 9.90. The molecule has 2 heteroatoms.